The van der Waals surface area contributed by atoms with E-state index < -0.39 is 0 Å². The molecule has 0 amide bonds. The average Bonchev–Trinajstić information content (AvgIpc) is 3.17. The second-order valence-electron chi connectivity index (χ2n) is 6.48. The van der Waals surface area contributed by atoms with E-state index in [1.54, 1.807) is 5.56 Å². The molecule has 19 heavy (non-hydrogen) atoms. The molecule has 0 heterocycles. The average molecular weight is 257 g/mol. The zero-order valence-corrected chi connectivity index (χ0v) is 12.2. The summed E-state index contributed by atoms with van der Waals surface area (Å²) in [4.78, 5) is 0. The minimum absolute atomic E-state index is 0.586. The van der Waals surface area contributed by atoms with E-state index in [2.05, 4.69) is 36.5 Å². The molecule has 0 aromatic heterocycles. The van der Waals surface area contributed by atoms with Crippen molar-refractivity contribution in [3.63, 3.8) is 0 Å². The van der Waals surface area contributed by atoms with Crippen LogP contribution in [0.25, 0.3) is 0 Å². The van der Waals surface area contributed by atoms with E-state index in [1.165, 1.54) is 50.5 Å². The zero-order chi connectivity index (χ0) is 13.1. The van der Waals surface area contributed by atoms with Crippen molar-refractivity contribution < 1.29 is 0 Å². The molecule has 0 radical (unpaired) electrons. The molecule has 3 rings (SSSR count). The highest BCUT2D eigenvalue weighted by molar-refractivity contribution is 5.28. The molecular formula is C18H27N. The Morgan fingerprint density at radius 2 is 1.84 bits per heavy atom. The topological polar surface area (TPSA) is 12.0 Å². The Hall–Kier alpha value is -0.820. The lowest BCUT2D eigenvalue weighted by Gasteiger charge is -2.26. The molecule has 1 atom stereocenters. The quantitative estimate of drug-likeness (QED) is 0.740. The third-order valence-electron chi connectivity index (χ3n) is 4.82. The van der Waals surface area contributed by atoms with Gasteiger partial charge in [0.25, 0.3) is 0 Å². The van der Waals surface area contributed by atoms with E-state index in [-0.39, 0.29) is 0 Å². The van der Waals surface area contributed by atoms with Gasteiger partial charge >= 0.3 is 0 Å². The lowest BCUT2D eigenvalue weighted by Crippen LogP contribution is -2.22. The molecule has 2 aliphatic carbocycles. The lowest BCUT2D eigenvalue weighted by molar-refractivity contribution is 0.419. The van der Waals surface area contributed by atoms with E-state index in [1.807, 2.05) is 0 Å². The molecule has 0 saturated heterocycles. The van der Waals surface area contributed by atoms with Crippen LogP contribution in [0.4, 0.5) is 0 Å². The van der Waals surface area contributed by atoms with Gasteiger partial charge in [-0.3, -0.25) is 0 Å². The third kappa shape index (κ3) is 3.39. The van der Waals surface area contributed by atoms with E-state index in [0.717, 1.165) is 18.4 Å². The molecule has 2 saturated carbocycles. The molecular weight excluding hydrogens is 230 g/mol. The van der Waals surface area contributed by atoms with Crippen LogP contribution in [0.2, 0.25) is 0 Å². The predicted molar refractivity (Wildman–Crippen MR) is 81.4 cm³/mol. The lowest BCUT2D eigenvalue weighted by atomic mass is 9.79. The van der Waals surface area contributed by atoms with Crippen LogP contribution in [0.15, 0.2) is 24.3 Å². The van der Waals surface area contributed by atoms with Crippen LogP contribution in [0.3, 0.4) is 0 Å². The molecule has 104 valence electrons. The Labute approximate surface area is 117 Å². The number of benzene rings is 1. The van der Waals surface area contributed by atoms with E-state index >= 15 is 0 Å². The van der Waals surface area contributed by atoms with Crippen LogP contribution < -0.4 is 5.32 Å². The number of hydrogen-bond acceptors (Lipinski definition) is 1. The van der Waals surface area contributed by atoms with Gasteiger partial charge in [0.05, 0.1) is 0 Å². The van der Waals surface area contributed by atoms with Gasteiger partial charge in [0, 0.05) is 6.04 Å². The molecule has 0 spiro atoms. The summed E-state index contributed by atoms with van der Waals surface area (Å²) in [6, 6.07) is 10.1. The third-order valence-corrected chi connectivity index (χ3v) is 4.82. The van der Waals surface area contributed by atoms with Gasteiger partial charge in [-0.15, -0.1) is 0 Å². The fourth-order valence-corrected chi connectivity index (χ4v) is 3.08. The second kappa shape index (κ2) is 6.09. The van der Waals surface area contributed by atoms with Gasteiger partial charge in [-0.25, -0.2) is 0 Å². The molecule has 0 aliphatic heterocycles. The highest BCUT2D eigenvalue weighted by Crippen LogP contribution is 2.39. The molecule has 0 bridgehead atoms. The van der Waals surface area contributed by atoms with Crippen molar-refractivity contribution in [1.82, 2.24) is 5.32 Å². The first-order valence-electron chi connectivity index (χ1n) is 8.20. The zero-order valence-electron chi connectivity index (χ0n) is 12.2. The summed E-state index contributed by atoms with van der Waals surface area (Å²) in [5.74, 6) is 1.85. The fourth-order valence-electron chi connectivity index (χ4n) is 3.08. The Morgan fingerprint density at radius 1 is 1.11 bits per heavy atom. The van der Waals surface area contributed by atoms with Gasteiger partial charge in [0.15, 0.2) is 0 Å². The maximum absolute atomic E-state index is 3.73. The summed E-state index contributed by atoms with van der Waals surface area (Å²) in [7, 11) is 0. The summed E-state index contributed by atoms with van der Waals surface area (Å²) in [5.41, 5.74) is 3.07. The first kappa shape index (κ1) is 13.2. The van der Waals surface area contributed by atoms with E-state index in [0.29, 0.717) is 6.04 Å². The van der Waals surface area contributed by atoms with Crippen LogP contribution >= 0.6 is 0 Å². The summed E-state index contributed by atoms with van der Waals surface area (Å²) >= 11 is 0. The largest absolute Gasteiger partial charge is 0.310 e. The maximum atomic E-state index is 3.73. The smallest absolute Gasteiger partial charge is 0.0322 e. The molecule has 2 fully saturated rings. The van der Waals surface area contributed by atoms with Crippen molar-refractivity contribution in [2.75, 3.05) is 6.54 Å². The van der Waals surface area contributed by atoms with Gasteiger partial charge in [0.1, 0.15) is 0 Å². The SMILES string of the molecule is CCCNC(CC1CC1)c1ccc(C2CCC2)cc1. The van der Waals surface area contributed by atoms with Gasteiger partial charge in [-0.1, -0.05) is 50.5 Å². The van der Waals surface area contributed by atoms with Crippen LogP contribution in [-0.4, -0.2) is 6.54 Å². The minimum Gasteiger partial charge on any atom is -0.310 e. The van der Waals surface area contributed by atoms with E-state index in [4.69, 9.17) is 0 Å². The van der Waals surface area contributed by atoms with Crippen LogP contribution in [0, 0.1) is 5.92 Å². The van der Waals surface area contributed by atoms with Crippen molar-refractivity contribution in [1.29, 1.82) is 0 Å². The van der Waals surface area contributed by atoms with Crippen molar-refractivity contribution in [3.8, 4) is 0 Å². The number of rotatable bonds is 7. The van der Waals surface area contributed by atoms with Crippen LogP contribution in [-0.2, 0) is 0 Å². The molecule has 1 aromatic rings. The number of hydrogen-bond donors (Lipinski definition) is 1. The van der Waals surface area contributed by atoms with Gasteiger partial charge in [-0.05, 0) is 55.2 Å². The van der Waals surface area contributed by atoms with Gasteiger partial charge in [0.2, 0.25) is 0 Å². The molecule has 1 nitrogen and oxygen atoms in total. The van der Waals surface area contributed by atoms with Crippen LogP contribution in [0.5, 0.6) is 0 Å². The first-order valence-corrected chi connectivity index (χ1v) is 8.20. The van der Waals surface area contributed by atoms with Crippen molar-refractivity contribution in [3.05, 3.63) is 35.4 Å². The summed E-state index contributed by atoms with van der Waals surface area (Å²) in [5, 5.41) is 3.73. The fraction of sp³-hybridized carbons (Fsp3) is 0.667. The standard InChI is InChI=1S/C18H27N/c1-2-12-19-18(13-14-6-7-14)17-10-8-16(9-11-17)15-4-3-5-15/h8-11,14-15,18-19H,2-7,12-13H2,1H3. The molecule has 1 heteroatoms. The monoisotopic (exact) mass is 257 g/mol. The summed E-state index contributed by atoms with van der Waals surface area (Å²) in [6.45, 7) is 3.39. The molecule has 1 N–H and O–H groups in total. The van der Waals surface area contributed by atoms with Crippen molar-refractivity contribution >= 4 is 0 Å². The van der Waals surface area contributed by atoms with Gasteiger partial charge in [-0.2, -0.15) is 0 Å². The first-order chi connectivity index (χ1) is 9.36. The van der Waals surface area contributed by atoms with Crippen molar-refractivity contribution in [2.24, 2.45) is 5.92 Å². The Balaban J connectivity index is 1.65. The Kier molecular flexibility index (Phi) is 4.22. The van der Waals surface area contributed by atoms with Crippen molar-refractivity contribution in [2.45, 2.75) is 63.8 Å². The van der Waals surface area contributed by atoms with E-state index in [9.17, 15) is 0 Å². The highest BCUT2D eigenvalue weighted by Gasteiger charge is 2.26. The van der Waals surface area contributed by atoms with Crippen LogP contribution in [0.1, 0.15) is 75.0 Å². The highest BCUT2D eigenvalue weighted by atomic mass is 14.9. The Bertz CT molecular complexity index is 387. The summed E-state index contributed by atoms with van der Waals surface area (Å²) in [6.07, 6.45) is 9.69. The molecule has 1 aromatic carbocycles. The maximum Gasteiger partial charge on any atom is 0.0322 e. The normalized spacial score (nSPS) is 21.1. The predicted octanol–water partition coefficient (Wildman–Crippen LogP) is 4.79. The Morgan fingerprint density at radius 3 is 2.37 bits per heavy atom. The second-order valence-corrected chi connectivity index (χ2v) is 6.48. The van der Waals surface area contributed by atoms with Gasteiger partial charge < -0.3 is 5.32 Å². The summed E-state index contributed by atoms with van der Waals surface area (Å²) < 4.78 is 0. The molecule has 1 unspecified atom stereocenters. The molecule has 2 aliphatic rings. The minimum atomic E-state index is 0.586. The number of nitrogens with one attached hydrogen (secondary N) is 1.